The first-order valence-electron chi connectivity index (χ1n) is 7.09. The van der Waals surface area contributed by atoms with Gasteiger partial charge in [0.1, 0.15) is 17.5 Å². The number of nitrogens with zero attached hydrogens (tertiary/aromatic N) is 2. The number of nitrogens with two attached hydrogens (primary N) is 1. The standard InChI is InChI=1S/C14H25N5S/c1-14(2,3)13-17-11(8-12(18-13)19-15)16-9-6-5-7-10(9)20-4/h8-10H,5-7,15H2,1-4H3,(H2,16,17,18,19). The van der Waals surface area contributed by atoms with Crippen LogP contribution in [-0.4, -0.2) is 27.5 Å². The van der Waals surface area contributed by atoms with E-state index in [1.165, 1.54) is 19.3 Å². The number of rotatable bonds is 4. The number of hydrazine groups is 1. The average molecular weight is 295 g/mol. The van der Waals surface area contributed by atoms with Gasteiger partial charge in [-0.05, 0) is 19.1 Å². The normalized spacial score (nSPS) is 22.9. The maximum Gasteiger partial charge on any atom is 0.145 e. The van der Waals surface area contributed by atoms with Crippen molar-refractivity contribution in [1.29, 1.82) is 0 Å². The van der Waals surface area contributed by atoms with Gasteiger partial charge in [0.25, 0.3) is 0 Å². The highest BCUT2D eigenvalue weighted by Gasteiger charge is 2.27. The Hall–Kier alpha value is -1.01. The molecule has 6 heteroatoms. The molecule has 5 nitrogen and oxygen atoms in total. The Labute approximate surface area is 125 Å². The third kappa shape index (κ3) is 3.55. The number of hydrogen-bond donors (Lipinski definition) is 3. The number of aromatic nitrogens is 2. The second-order valence-electron chi connectivity index (χ2n) is 6.31. The maximum absolute atomic E-state index is 5.52. The molecule has 1 aliphatic carbocycles. The maximum atomic E-state index is 5.52. The summed E-state index contributed by atoms with van der Waals surface area (Å²) >= 11 is 1.93. The highest BCUT2D eigenvalue weighted by molar-refractivity contribution is 7.99. The molecular weight excluding hydrogens is 270 g/mol. The lowest BCUT2D eigenvalue weighted by atomic mass is 9.96. The molecule has 2 atom stereocenters. The minimum absolute atomic E-state index is 0.0993. The summed E-state index contributed by atoms with van der Waals surface area (Å²) in [5, 5.41) is 4.23. The van der Waals surface area contributed by atoms with E-state index in [0.717, 1.165) is 11.6 Å². The molecular formula is C14H25N5S. The quantitative estimate of drug-likeness (QED) is 0.586. The van der Waals surface area contributed by atoms with Gasteiger partial charge in [-0.3, -0.25) is 0 Å². The van der Waals surface area contributed by atoms with E-state index >= 15 is 0 Å². The number of nitrogen functional groups attached to an aromatic ring is 1. The zero-order chi connectivity index (χ0) is 14.8. The molecule has 2 unspecified atom stereocenters. The number of anilines is 2. The van der Waals surface area contributed by atoms with Gasteiger partial charge in [0.15, 0.2) is 0 Å². The number of hydrogen-bond acceptors (Lipinski definition) is 6. The van der Waals surface area contributed by atoms with Crippen molar-refractivity contribution in [1.82, 2.24) is 9.97 Å². The van der Waals surface area contributed by atoms with E-state index in [4.69, 9.17) is 5.84 Å². The van der Waals surface area contributed by atoms with Crippen molar-refractivity contribution in [2.45, 2.75) is 56.7 Å². The van der Waals surface area contributed by atoms with Crippen LogP contribution in [0.25, 0.3) is 0 Å². The highest BCUT2D eigenvalue weighted by atomic mass is 32.2. The van der Waals surface area contributed by atoms with Crippen molar-refractivity contribution in [3.63, 3.8) is 0 Å². The Morgan fingerprint density at radius 3 is 2.55 bits per heavy atom. The molecule has 1 aromatic heterocycles. The molecule has 1 aromatic rings. The molecule has 0 aromatic carbocycles. The van der Waals surface area contributed by atoms with Crippen LogP contribution in [0.4, 0.5) is 11.6 Å². The van der Waals surface area contributed by atoms with Crippen molar-refractivity contribution in [2.24, 2.45) is 5.84 Å². The lowest BCUT2D eigenvalue weighted by molar-refractivity contribution is 0.546. The molecule has 1 fully saturated rings. The van der Waals surface area contributed by atoms with Crippen LogP contribution in [0.15, 0.2) is 6.07 Å². The summed E-state index contributed by atoms with van der Waals surface area (Å²) in [6.45, 7) is 6.31. The van der Waals surface area contributed by atoms with Gasteiger partial charge < -0.3 is 10.7 Å². The molecule has 1 saturated carbocycles. The van der Waals surface area contributed by atoms with Crippen LogP contribution >= 0.6 is 11.8 Å². The van der Waals surface area contributed by atoms with Crippen LogP contribution in [-0.2, 0) is 5.41 Å². The molecule has 2 rings (SSSR count). The summed E-state index contributed by atoms with van der Waals surface area (Å²) in [6, 6.07) is 2.36. The molecule has 1 heterocycles. The molecule has 0 spiro atoms. The van der Waals surface area contributed by atoms with E-state index in [1.807, 2.05) is 17.8 Å². The number of thioether (sulfide) groups is 1. The first kappa shape index (κ1) is 15.4. The van der Waals surface area contributed by atoms with Crippen molar-refractivity contribution in [2.75, 3.05) is 17.0 Å². The van der Waals surface area contributed by atoms with Gasteiger partial charge in [-0.25, -0.2) is 15.8 Å². The van der Waals surface area contributed by atoms with Gasteiger partial charge in [-0.1, -0.05) is 27.2 Å². The van der Waals surface area contributed by atoms with E-state index in [2.05, 4.69) is 47.7 Å². The first-order valence-corrected chi connectivity index (χ1v) is 8.38. The van der Waals surface area contributed by atoms with Crippen molar-refractivity contribution in [3.05, 3.63) is 11.9 Å². The zero-order valence-electron chi connectivity index (χ0n) is 12.7. The molecule has 1 aliphatic rings. The molecule has 0 bridgehead atoms. The highest BCUT2D eigenvalue weighted by Crippen LogP contribution is 2.31. The minimum atomic E-state index is -0.0993. The summed E-state index contributed by atoms with van der Waals surface area (Å²) in [5.41, 5.74) is 2.53. The predicted molar refractivity (Wildman–Crippen MR) is 87.1 cm³/mol. The van der Waals surface area contributed by atoms with E-state index < -0.39 is 0 Å². The van der Waals surface area contributed by atoms with E-state index in [1.54, 1.807) is 0 Å². The van der Waals surface area contributed by atoms with Crippen LogP contribution in [0.3, 0.4) is 0 Å². The predicted octanol–water partition coefficient (Wildman–Crippen LogP) is 2.76. The average Bonchev–Trinajstić information content (AvgIpc) is 2.84. The lowest BCUT2D eigenvalue weighted by Gasteiger charge is -2.22. The Balaban J connectivity index is 2.22. The van der Waals surface area contributed by atoms with Gasteiger partial charge in [0.05, 0.1) is 0 Å². The third-order valence-electron chi connectivity index (χ3n) is 3.63. The number of nitrogens with one attached hydrogen (secondary N) is 2. The molecule has 112 valence electrons. The Bertz CT molecular complexity index is 457. The fraction of sp³-hybridized carbons (Fsp3) is 0.714. The fourth-order valence-corrected chi connectivity index (χ4v) is 3.43. The molecule has 0 aliphatic heterocycles. The van der Waals surface area contributed by atoms with E-state index in [9.17, 15) is 0 Å². The van der Waals surface area contributed by atoms with Crippen molar-refractivity contribution >= 4 is 23.4 Å². The van der Waals surface area contributed by atoms with Gasteiger partial charge >= 0.3 is 0 Å². The molecule has 0 amide bonds. The Kier molecular flexibility index (Phi) is 4.75. The van der Waals surface area contributed by atoms with Crippen molar-refractivity contribution < 1.29 is 0 Å². The SMILES string of the molecule is CSC1CCCC1Nc1cc(NN)nc(C(C)(C)C)n1. The minimum Gasteiger partial charge on any atom is -0.366 e. The fourth-order valence-electron chi connectivity index (χ4n) is 2.49. The summed E-state index contributed by atoms with van der Waals surface area (Å²) < 4.78 is 0. The van der Waals surface area contributed by atoms with E-state index in [0.29, 0.717) is 17.1 Å². The topological polar surface area (TPSA) is 75.9 Å². The van der Waals surface area contributed by atoms with Crippen molar-refractivity contribution in [3.8, 4) is 0 Å². The second-order valence-corrected chi connectivity index (χ2v) is 7.39. The summed E-state index contributed by atoms with van der Waals surface area (Å²) in [4.78, 5) is 9.10. The van der Waals surface area contributed by atoms with Crippen LogP contribution in [0, 0.1) is 0 Å². The largest absolute Gasteiger partial charge is 0.366 e. The van der Waals surface area contributed by atoms with Gasteiger partial charge in [-0.15, -0.1) is 0 Å². The monoisotopic (exact) mass is 295 g/mol. The van der Waals surface area contributed by atoms with Crippen LogP contribution in [0.1, 0.15) is 45.9 Å². The van der Waals surface area contributed by atoms with Crippen LogP contribution < -0.4 is 16.6 Å². The lowest BCUT2D eigenvalue weighted by Crippen LogP contribution is -2.27. The van der Waals surface area contributed by atoms with Gasteiger partial charge in [0.2, 0.25) is 0 Å². The summed E-state index contributed by atoms with van der Waals surface area (Å²) in [7, 11) is 0. The molecule has 4 N–H and O–H groups in total. The Morgan fingerprint density at radius 1 is 1.25 bits per heavy atom. The zero-order valence-corrected chi connectivity index (χ0v) is 13.5. The van der Waals surface area contributed by atoms with Crippen LogP contribution in [0.5, 0.6) is 0 Å². The van der Waals surface area contributed by atoms with Gasteiger partial charge in [-0.2, -0.15) is 11.8 Å². The van der Waals surface area contributed by atoms with Gasteiger partial charge in [0, 0.05) is 22.8 Å². The third-order valence-corrected chi connectivity index (χ3v) is 4.80. The molecule has 0 radical (unpaired) electrons. The Morgan fingerprint density at radius 2 is 1.95 bits per heavy atom. The summed E-state index contributed by atoms with van der Waals surface area (Å²) in [5.74, 6) is 7.84. The second kappa shape index (κ2) is 6.18. The molecule has 0 saturated heterocycles. The summed E-state index contributed by atoms with van der Waals surface area (Å²) in [6.07, 6.45) is 5.93. The van der Waals surface area contributed by atoms with E-state index in [-0.39, 0.29) is 5.41 Å². The molecule has 20 heavy (non-hydrogen) atoms. The van der Waals surface area contributed by atoms with Crippen LogP contribution in [0.2, 0.25) is 0 Å². The smallest absolute Gasteiger partial charge is 0.145 e. The first-order chi connectivity index (χ1) is 9.44.